The van der Waals surface area contributed by atoms with Gasteiger partial charge in [0.15, 0.2) is 0 Å². The van der Waals surface area contributed by atoms with Crippen LogP contribution in [0.5, 0.6) is 0 Å². The maximum absolute atomic E-state index is 11.9. The van der Waals surface area contributed by atoms with E-state index >= 15 is 0 Å². The molecular weight excluding hydrogens is 186 g/mol. The van der Waals surface area contributed by atoms with Gasteiger partial charge in [0.25, 0.3) is 5.56 Å². The van der Waals surface area contributed by atoms with Crippen molar-refractivity contribution in [3.8, 4) is 0 Å². The van der Waals surface area contributed by atoms with Gasteiger partial charge >= 0.3 is 0 Å². The van der Waals surface area contributed by atoms with Crippen molar-refractivity contribution in [3.05, 3.63) is 34.2 Å². The first-order valence-electron chi connectivity index (χ1n) is 5.71. The predicted octanol–water partition coefficient (Wildman–Crippen LogP) is 2.87. The lowest BCUT2D eigenvalue weighted by Crippen LogP contribution is -2.29. The Labute approximate surface area is 90.9 Å². The van der Waals surface area contributed by atoms with E-state index in [9.17, 15) is 4.79 Å². The third-order valence-electron chi connectivity index (χ3n) is 3.28. The zero-order valence-corrected chi connectivity index (χ0v) is 9.79. The number of hydrogen-bond donors (Lipinski definition) is 0. The van der Waals surface area contributed by atoms with Crippen molar-refractivity contribution < 1.29 is 0 Å². The van der Waals surface area contributed by atoms with E-state index in [-0.39, 0.29) is 11.0 Å². The fourth-order valence-electron chi connectivity index (χ4n) is 1.92. The summed E-state index contributed by atoms with van der Waals surface area (Å²) in [6.45, 7) is 6.40. The van der Waals surface area contributed by atoms with Crippen LogP contribution in [0.2, 0.25) is 0 Å². The average Bonchev–Trinajstić information content (AvgIpc) is 2.03. The summed E-state index contributed by atoms with van der Waals surface area (Å²) in [4.78, 5) is 11.9. The van der Waals surface area contributed by atoms with Crippen LogP contribution in [0.15, 0.2) is 23.1 Å². The van der Waals surface area contributed by atoms with Gasteiger partial charge in [0.2, 0.25) is 0 Å². The molecule has 0 radical (unpaired) electrons. The van der Waals surface area contributed by atoms with Gasteiger partial charge in [-0.3, -0.25) is 4.79 Å². The zero-order valence-electron chi connectivity index (χ0n) is 9.79. The molecule has 0 aromatic carbocycles. The summed E-state index contributed by atoms with van der Waals surface area (Å²) in [5.41, 5.74) is 1.35. The Morgan fingerprint density at radius 1 is 1.33 bits per heavy atom. The molecule has 15 heavy (non-hydrogen) atoms. The second-order valence-corrected chi connectivity index (χ2v) is 5.50. The molecule has 0 spiro atoms. The highest BCUT2D eigenvalue weighted by Gasteiger charge is 2.21. The summed E-state index contributed by atoms with van der Waals surface area (Å²) in [5.74, 6) is 0. The maximum atomic E-state index is 11.9. The highest BCUT2D eigenvalue weighted by atomic mass is 16.1. The number of aromatic nitrogens is 1. The van der Waals surface area contributed by atoms with Crippen molar-refractivity contribution in [2.75, 3.05) is 0 Å². The van der Waals surface area contributed by atoms with Crippen LogP contribution < -0.4 is 5.56 Å². The van der Waals surface area contributed by atoms with Crippen molar-refractivity contribution in [2.45, 2.75) is 51.5 Å². The number of nitrogens with zero attached hydrogens (tertiary/aromatic N) is 1. The Morgan fingerprint density at radius 2 is 2.00 bits per heavy atom. The molecule has 0 aliphatic heterocycles. The summed E-state index contributed by atoms with van der Waals surface area (Å²) < 4.78 is 1.89. The molecule has 0 unspecified atom stereocenters. The molecule has 0 saturated heterocycles. The summed E-state index contributed by atoms with van der Waals surface area (Å²) in [5, 5.41) is 0. The van der Waals surface area contributed by atoms with Gasteiger partial charge in [0, 0.05) is 18.3 Å². The lowest BCUT2D eigenvalue weighted by Gasteiger charge is -2.28. The SMILES string of the molecule is CC(C)(C)c1ccn(C2CCC2)c(=O)c1. The Hall–Kier alpha value is -1.05. The van der Waals surface area contributed by atoms with E-state index in [0.717, 1.165) is 18.4 Å². The molecule has 2 rings (SSSR count). The lowest BCUT2D eigenvalue weighted by atomic mass is 9.87. The summed E-state index contributed by atoms with van der Waals surface area (Å²) in [7, 11) is 0. The molecule has 0 bridgehead atoms. The standard InChI is InChI=1S/C13H19NO/c1-13(2,3)10-7-8-14(12(15)9-10)11-5-4-6-11/h7-9,11H,4-6H2,1-3H3. The number of hydrogen-bond acceptors (Lipinski definition) is 1. The van der Waals surface area contributed by atoms with Crippen molar-refractivity contribution in [2.24, 2.45) is 0 Å². The quantitative estimate of drug-likeness (QED) is 0.691. The molecule has 0 N–H and O–H groups in total. The minimum Gasteiger partial charge on any atom is -0.312 e. The molecule has 1 aromatic rings. The van der Waals surface area contributed by atoms with Crippen molar-refractivity contribution in [3.63, 3.8) is 0 Å². The van der Waals surface area contributed by atoms with Gasteiger partial charge in [-0.2, -0.15) is 0 Å². The monoisotopic (exact) mass is 205 g/mol. The minimum atomic E-state index is 0.0673. The van der Waals surface area contributed by atoms with Gasteiger partial charge in [-0.1, -0.05) is 20.8 Å². The van der Waals surface area contributed by atoms with Gasteiger partial charge in [-0.25, -0.2) is 0 Å². The van der Waals surface area contributed by atoms with Crippen molar-refractivity contribution in [1.29, 1.82) is 0 Å². The predicted molar refractivity (Wildman–Crippen MR) is 62.3 cm³/mol. The fourth-order valence-corrected chi connectivity index (χ4v) is 1.92. The Morgan fingerprint density at radius 3 is 2.40 bits per heavy atom. The first kappa shape index (κ1) is 10.5. The second-order valence-electron chi connectivity index (χ2n) is 5.50. The largest absolute Gasteiger partial charge is 0.312 e. The second kappa shape index (κ2) is 3.51. The van der Waals surface area contributed by atoms with E-state index in [1.165, 1.54) is 6.42 Å². The highest BCUT2D eigenvalue weighted by molar-refractivity contribution is 5.20. The molecule has 2 heteroatoms. The van der Waals surface area contributed by atoms with Crippen LogP contribution >= 0.6 is 0 Å². The van der Waals surface area contributed by atoms with Crippen LogP contribution in [0.4, 0.5) is 0 Å². The van der Waals surface area contributed by atoms with Gasteiger partial charge < -0.3 is 4.57 Å². The molecule has 82 valence electrons. The third kappa shape index (κ3) is 1.99. The normalized spacial score (nSPS) is 17.5. The van der Waals surface area contributed by atoms with Crippen LogP contribution in [0, 0.1) is 0 Å². The molecule has 0 amide bonds. The van der Waals surface area contributed by atoms with Crippen LogP contribution in [0.25, 0.3) is 0 Å². The molecule has 1 aliphatic rings. The Bertz CT molecular complexity index is 407. The van der Waals surface area contributed by atoms with E-state index in [2.05, 4.69) is 26.8 Å². The fraction of sp³-hybridized carbons (Fsp3) is 0.615. The summed E-state index contributed by atoms with van der Waals surface area (Å²) >= 11 is 0. The molecule has 2 nitrogen and oxygen atoms in total. The van der Waals surface area contributed by atoms with Crippen LogP contribution in [0.1, 0.15) is 51.6 Å². The molecule has 1 heterocycles. The van der Waals surface area contributed by atoms with Gasteiger partial charge in [0.1, 0.15) is 0 Å². The Kier molecular flexibility index (Phi) is 2.45. The number of pyridine rings is 1. The molecule has 0 atom stereocenters. The average molecular weight is 205 g/mol. The lowest BCUT2D eigenvalue weighted by molar-refractivity contribution is 0.306. The van der Waals surface area contributed by atoms with E-state index in [1.807, 2.05) is 10.8 Å². The van der Waals surface area contributed by atoms with Gasteiger partial charge in [0.05, 0.1) is 0 Å². The summed E-state index contributed by atoms with van der Waals surface area (Å²) in [6.07, 6.45) is 5.55. The molecular formula is C13H19NO. The molecule has 1 aliphatic carbocycles. The van der Waals surface area contributed by atoms with E-state index < -0.39 is 0 Å². The van der Waals surface area contributed by atoms with E-state index in [1.54, 1.807) is 6.07 Å². The molecule has 1 fully saturated rings. The third-order valence-corrected chi connectivity index (χ3v) is 3.28. The van der Waals surface area contributed by atoms with Crippen molar-refractivity contribution in [1.82, 2.24) is 4.57 Å². The smallest absolute Gasteiger partial charge is 0.251 e. The molecule has 1 saturated carbocycles. The first-order chi connectivity index (χ1) is 6.98. The maximum Gasteiger partial charge on any atom is 0.251 e. The van der Waals surface area contributed by atoms with E-state index in [4.69, 9.17) is 0 Å². The first-order valence-corrected chi connectivity index (χ1v) is 5.71. The van der Waals surface area contributed by atoms with E-state index in [0.29, 0.717) is 6.04 Å². The zero-order chi connectivity index (χ0) is 11.1. The Balaban J connectivity index is 2.35. The number of rotatable bonds is 1. The van der Waals surface area contributed by atoms with Gasteiger partial charge in [-0.15, -0.1) is 0 Å². The van der Waals surface area contributed by atoms with Crippen molar-refractivity contribution >= 4 is 0 Å². The minimum absolute atomic E-state index is 0.0673. The van der Waals surface area contributed by atoms with Crippen LogP contribution in [-0.4, -0.2) is 4.57 Å². The highest BCUT2D eigenvalue weighted by Crippen LogP contribution is 2.30. The topological polar surface area (TPSA) is 22.0 Å². The van der Waals surface area contributed by atoms with Gasteiger partial charge in [-0.05, 0) is 36.3 Å². The summed E-state index contributed by atoms with van der Waals surface area (Å²) in [6, 6.07) is 4.34. The molecule has 1 aromatic heterocycles. The van der Waals surface area contributed by atoms with Crippen LogP contribution in [0.3, 0.4) is 0 Å². The van der Waals surface area contributed by atoms with Crippen LogP contribution in [-0.2, 0) is 5.41 Å².